The highest BCUT2D eigenvalue weighted by molar-refractivity contribution is 7.74. The summed E-state index contributed by atoms with van der Waals surface area (Å²) in [6.07, 6.45) is -4.26. The second-order valence-electron chi connectivity index (χ2n) is 4.75. The van der Waals surface area contributed by atoms with Crippen molar-refractivity contribution in [3.8, 4) is 17.6 Å². The summed E-state index contributed by atoms with van der Waals surface area (Å²) >= 11 is -2.55. The van der Waals surface area contributed by atoms with Crippen LogP contribution in [-0.4, -0.2) is 38.7 Å². The van der Waals surface area contributed by atoms with E-state index in [0.29, 0.717) is 13.0 Å². The predicted octanol–water partition coefficient (Wildman–Crippen LogP) is 2.55. The highest BCUT2D eigenvalue weighted by Crippen LogP contribution is 2.23. The number of aromatic nitrogens is 2. The number of alkyl halides is 3. The second-order valence-corrected chi connectivity index (χ2v) is 5.35. The number of halogens is 3. The Morgan fingerprint density at radius 2 is 1.92 bits per heavy atom. The lowest BCUT2D eigenvalue weighted by Crippen LogP contribution is -2.17. The van der Waals surface area contributed by atoms with Gasteiger partial charge in [0.1, 0.15) is 11.6 Å². The molecule has 0 amide bonds. The minimum Gasteiger partial charge on any atom is -0.467 e. The SMILES string of the molecule is COc1nc(NCCc2ccc(OC(F)(F)F)cc2)cc(OS(=O)O)n1. The molecule has 1 unspecified atom stereocenters. The zero-order chi connectivity index (χ0) is 19.2. The Morgan fingerprint density at radius 3 is 2.50 bits per heavy atom. The van der Waals surface area contributed by atoms with E-state index in [1.165, 1.54) is 37.4 Å². The number of methoxy groups -OCH3 is 1. The number of anilines is 1. The number of rotatable bonds is 8. The smallest absolute Gasteiger partial charge is 0.467 e. The highest BCUT2D eigenvalue weighted by atomic mass is 32.2. The van der Waals surface area contributed by atoms with Gasteiger partial charge in [-0.1, -0.05) is 12.1 Å². The third-order valence-corrected chi connectivity index (χ3v) is 3.21. The Labute approximate surface area is 148 Å². The Bertz CT molecular complexity index is 758. The summed E-state index contributed by atoms with van der Waals surface area (Å²) in [6.45, 7) is 0.376. The van der Waals surface area contributed by atoms with E-state index in [1.54, 1.807) is 0 Å². The standard InChI is InChI=1S/C14H14F3N3O5S/c1-23-13-19-11(8-12(20-13)25-26(21)22)18-7-6-9-2-4-10(5-3-9)24-14(15,16)17/h2-5,8H,6-7H2,1H3,(H,21,22)(H,18,19,20). The van der Waals surface area contributed by atoms with Crippen LogP contribution in [0.2, 0.25) is 0 Å². The zero-order valence-corrected chi connectivity index (χ0v) is 14.1. The fraction of sp³-hybridized carbons (Fsp3) is 0.286. The van der Waals surface area contributed by atoms with Crippen LogP contribution in [0.4, 0.5) is 19.0 Å². The first-order valence-corrected chi connectivity index (χ1v) is 8.09. The minimum atomic E-state index is -4.73. The summed E-state index contributed by atoms with van der Waals surface area (Å²) in [4.78, 5) is 7.74. The van der Waals surface area contributed by atoms with Crippen LogP contribution in [0.15, 0.2) is 30.3 Å². The van der Waals surface area contributed by atoms with Gasteiger partial charge in [-0.3, -0.25) is 4.55 Å². The van der Waals surface area contributed by atoms with Gasteiger partial charge in [0, 0.05) is 12.6 Å². The molecule has 12 heteroatoms. The lowest BCUT2D eigenvalue weighted by Gasteiger charge is -2.10. The molecule has 0 saturated carbocycles. The molecule has 8 nitrogen and oxygen atoms in total. The molecule has 0 aliphatic heterocycles. The normalized spacial score (nSPS) is 12.3. The summed E-state index contributed by atoms with van der Waals surface area (Å²) in [5.41, 5.74) is 0.765. The van der Waals surface area contributed by atoms with Crippen LogP contribution in [-0.2, 0) is 17.8 Å². The zero-order valence-electron chi connectivity index (χ0n) is 13.3. The van der Waals surface area contributed by atoms with Crippen molar-refractivity contribution >= 4 is 17.2 Å². The molecule has 0 bridgehead atoms. The average Bonchev–Trinajstić information content (AvgIpc) is 2.54. The van der Waals surface area contributed by atoms with E-state index in [0.717, 1.165) is 5.56 Å². The number of nitrogens with zero attached hydrogens (tertiary/aromatic N) is 2. The maximum Gasteiger partial charge on any atom is 0.573 e. The first kappa shape index (κ1) is 19.7. The number of benzene rings is 1. The highest BCUT2D eigenvalue weighted by Gasteiger charge is 2.30. The van der Waals surface area contributed by atoms with Gasteiger partial charge in [0.05, 0.1) is 7.11 Å². The molecule has 2 aromatic rings. The maximum absolute atomic E-state index is 12.1. The van der Waals surface area contributed by atoms with Crippen LogP contribution in [0.3, 0.4) is 0 Å². The Morgan fingerprint density at radius 1 is 1.23 bits per heavy atom. The molecule has 142 valence electrons. The van der Waals surface area contributed by atoms with Crippen molar-refractivity contribution in [1.82, 2.24) is 9.97 Å². The van der Waals surface area contributed by atoms with E-state index in [2.05, 4.69) is 24.2 Å². The fourth-order valence-corrected chi connectivity index (χ4v) is 2.13. The van der Waals surface area contributed by atoms with Gasteiger partial charge in [0.25, 0.3) is 0 Å². The predicted molar refractivity (Wildman–Crippen MR) is 85.3 cm³/mol. The number of nitrogens with one attached hydrogen (secondary N) is 1. The van der Waals surface area contributed by atoms with Crippen molar-refractivity contribution in [1.29, 1.82) is 0 Å². The van der Waals surface area contributed by atoms with Crippen molar-refractivity contribution in [2.75, 3.05) is 19.0 Å². The van der Waals surface area contributed by atoms with Gasteiger partial charge < -0.3 is 19.0 Å². The Hall–Kier alpha value is -2.60. The maximum atomic E-state index is 12.1. The molecule has 2 rings (SSSR count). The summed E-state index contributed by atoms with van der Waals surface area (Å²) in [5, 5.41) is 2.93. The van der Waals surface area contributed by atoms with Gasteiger partial charge in [-0.2, -0.15) is 14.2 Å². The molecule has 0 aliphatic carbocycles. The van der Waals surface area contributed by atoms with E-state index >= 15 is 0 Å². The van der Waals surface area contributed by atoms with Crippen molar-refractivity contribution in [3.63, 3.8) is 0 Å². The molecule has 0 radical (unpaired) electrons. The first-order chi connectivity index (χ1) is 12.2. The van der Waals surface area contributed by atoms with Crippen LogP contribution < -0.4 is 19.0 Å². The number of hydrogen-bond donors (Lipinski definition) is 2. The summed E-state index contributed by atoms with van der Waals surface area (Å²) in [6, 6.07) is 6.69. The molecule has 1 aromatic carbocycles. The summed E-state index contributed by atoms with van der Waals surface area (Å²) in [7, 11) is 1.32. The molecule has 1 heterocycles. The van der Waals surface area contributed by atoms with Crippen LogP contribution in [0.1, 0.15) is 5.56 Å². The van der Waals surface area contributed by atoms with Crippen LogP contribution in [0, 0.1) is 0 Å². The fourth-order valence-electron chi connectivity index (χ4n) is 1.89. The molecule has 0 fully saturated rings. The number of ether oxygens (including phenoxy) is 2. The molecule has 1 aromatic heterocycles. The van der Waals surface area contributed by atoms with E-state index < -0.39 is 17.7 Å². The van der Waals surface area contributed by atoms with Gasteiger partial charge in [0.15, 0.2) is 0 Å². The van der Waals surface area contributed by atoms with Crippen LogP contribution in [0.25, 0.3) is 0 Å². The van der Waals surface area contributed by atoms with Gasteiger partial charge >= 0.3 is 23.7 Å². The van der Waals surface area contributed by atoms with E-state index in [-0.39, 0.29) is 23.5 Å². The molecular formula is C14H14F3N3O5S. The lowest BCUT2D eigenvalue weighted by molar-refractivity contribution is -0.274. The molecule has 1 atom stereocenters. The molecule has 2 N–H and O–H groups in total. The topological polar surface area (TPSA) is 103 Å². The van der Waals surface area contributed by atoms with Crippen LogP contribution in [0.5, 0.6) is 17.6 Å². The average molecular weight is 393 g/mol. The first-order valence-electron chi connectivity index (χ1n) is 7.06. The van der Waals surface area contributed by atoms with Crippen molar-refractivity contribution in [3.05, 3.63) is 35.9 Å². The lowest BCUT2D eigenvalue weighted by atomic mass is 10.1. The Kier molecular flexibility index (Phi) is 6.58. The molecule has 0 aliphatic rings. The molecule has 0 spiro atoms. The van der Waals surface area contributed by atoms with Gasteiger partial charge in [-0.05, 0) is 24.1 Å². The summed E-state index contributed by atoms with van der Waals surface area (Å²) in [5.74, 6) is -0.170. The third kappa shape index (κ3) is 6.72. The van der Waals surface area contributed by atoms with Crippen LogP contribution >= 0.6 is 0 Å². The van der Waals surface area contributed by atoms with E-state index in [4.69, 9.17) is 9.29 Å². The van der Waals surface area contributed by atoms with Gasteiger partial charge in [-0.25, -0.2) is 0 Å². The third-order valence-electron chi connectivity index (χ3n) is 2.90. The molecular weight excluding hydrogens is 379 g/mol. The quantitative estimate of drug-likeness (QED) is 0.660. The van der Waals surface area contributed by atoms with E-state index in [9.17, 15) is 17.4 Å². The monoisotopic (exact) mass is 393 g/mol. The van der Waals surface area contributed by atoms with Gasteiger partial charge in [0.2, 0.25) is 5.88 Å². The Balaban J connectivity index is 1.93. The van der Waals surface area contributed by atoms with Crippen molar-refractivity contribution in [2.24, 2.45) is 0 Å². The van der Waals surface area contributed by atoms with E-state index in [1.807, 2.05) is 0 Å². The molecule has 26 heavy (non-hydrogen) atoms. The molecule has 0 saturated heterocycles. The number of hydrogen-bond acceptors (Lipinski definition) is 7. The van der Waals surface area contributed by atoms with Crippen molar-refractivity contribution in [2.45, 2.75) is 12.8 Å². The minimum absolute atomic E-state index is 0.0656. The van der Waals surface area contributed by atoms with Gasteiger partial charge in [-0.15, -0.1) is 13.2 Å². The largest absolute Gasteiger partial charge is 0.573 e. The second kappa shape index (κ2) is 8.67. The summed E-state index contributed by atoms with van der Waals surface area (Å²) < 4.78 is 69.0. The van der Waals surface area contributed by atoms with Crippen molar-refractivity contribution < 1.29 is 35.6 Å².